The molecule has 2 atom stereocenters. The maximum Gasteiger partial charge on any atom is 0.152 e. The minimum atomic E-state index is -2.67. The lowest BCUT2D eigenvalue weighted by atomic mass is 9.98. The molecule has 4 N–H and O–H groups in total. The van der Waals surface area contributed by atoms with Crippen molar-refractivity contribution in [3.05, 3.63) is 48.8 Å². The molecule has 1 unspecified atom stereocenters. The van der Waals surface area contributed by atoms with Gasteiger partial charge in [-0.3, -0.25) is 19.7 Å². The number of nitrogens with zero attached hydrogens (tertiary/aromatic N) is 12. The Bertz CT molecular complexity index is 1910. The van der Waals surface area contributed by atoms with Crippen molar-refractivity contribution in [2.45, 2.75) is 179 Å². The summed E-state index contributed by atoms with van der Waals surface area (Å²) in [5.41, 5.74) is 1.35. The zero-order valence-corrected chi connectivity index (χ0v) is 64.6. The third kappa shape index (κ3) is 46.0. The highest BCUT2D eigenvalue weighted by Crippen LogP contribution is 2.22. The number of morpholine rings is 1. The number of pyridine rings is 1. The molecule has 20 nitrogen and oxygen atoms in total. The molecule has 0 saturated carbocycles. The number of piperidine rings is 1. The standard InChI is InChI=1S/C7H14N2.C7H16N2.C7H9N.C7H15N.C7H14O.C6H14N2.C6H13NO2S.C6H13NO.C6H13N.C5H12N2.C5H8N2.C5H11N/c1-2-9-5-6-3-7(9)4-8-6;1-2-9-6-3-4-8-5-7-9;1-2-7-3-5-8-6-4-7;1-2-8-6-4-3-5-7-8;1-2-7-3-5-8-6-4-7;1-2-8-5-3-7-4-6-8;1-2-7-3-5-10(8,9)6-4-7;1-2-7-3-5-8-6-4-7;1-2-7-5-3-4-6-7;2*1-2-7-4-3-6-5-7;1-2-6-4-3-5-6/h6-8H,2-5H2,1H3;8H,2-7H2,1H3;3-6H,2H2,1H3;2-7H2,1H3;2*7H,2-6H2,1H3;2-6H2,1H3;2-6H2,1H3;2-6H2,1H3;6H,2-5H2,1H3;3-5H,2H2,1H3;2-5H2,1H3/t6?,7-;;;;;;;;;;;/m0.........../s1. The van der Waals surface area contributed by atoms with Crippen molar-refractivity contribution in [2.75, 3.05) is 247 Å². The van der Waals surface area contributed by atoms with Crippen LogP contribution in [0.4, 0.5) is 0 Å². The highest BCUT2D eigenvalue weighted by molar-refractivity contribution is 7.91. The van der Waals surface area contributed by atoms with E-state index in [1.165, 1.54) is 246 Å². The molecule has 13 rings (SSSR count). The van der Waals surface area contributed by atoms with Gasteiger partial charge in [-0.15, -0.1) is 0 Å². The van der Waals surface area contributed by atoms with Crippen LogP contribution in [0.1, 0.15) is 159 Å². The number of fused-ring (bicyclic) bond motifs is 2. The van der Waals surface area contributed by atoms with E-state index in [2.05, 4.69) is 158 Å². The van der Waals surface area contributed by atoms with Crippen LogP contribution in [0.5, 0.6) is 0 Å². The first-order chi connectivity index (χ1) is 46.4. The number of likely N-dealkylation sites (tertiary alicyclic amines) is 4. The van der Waals surface area contributed by atoms with Gasteiger partial charge in [-0.05, 0) is 206 Å². The van der Waals surface area contributed by atoms with Gasteiger partial charge in [-0.1, -0.05) is 89.0 Å². The Morgan fingerprint density at radius 2 is 0.905 bits per heavy atom. The number of likely N-dealkylation sites (N-methyl/N-ethyl adjacent to an activating group) is 5. The van der Waals surface area contributed by atoms with Crippen LogP contribution >= 0.6 is 0 Å². The molecule has 2 aromatic rings. The molecule has 11 fully saturated rings. The highest BCUT2D eigenvalue weighted by atomic mass is 32.2. The van der Waals surface area contributed by atoms with Gasteiger partial charge in [0.1, 0.15) is 0 Å². The van der Waals surface area contributed by atoms with E-state index in [9.17, 15) is 8.42 Å². The lowest BCUT2D eigenvalue weighted by molar-refractivity contribution is 0.0405. The summed E-state index contributed by atoms with van der Waals surface area (Å²) in [7, 11) is -2.67. The van der Waals surface area contributed by atoms with E-state index in [0.29, 0.717) is 11.5 Å². The summed E-state index contributed by atoms with van der Waals surface area (Å²) in [6.45, 7) is 69.4. The minimum Gasteiger partial charge on any atom is -0.381 e. The fourth-order valence-corrected chi connectivity index (χ4v) is 13.7. The van der Waals surface area contributed by atoms with Crippen molar-refractivity contribution < 1.29 is 17.9 Å². The molecular weight excluding hydrogens is 1210 g/mol. The van der Waals surface area contributed by atoms with Gasteiger partial charge in [0.25, 0.3) is 0 Å². The molecule has 2 aromatic heterocycles. The summed E-state index contributed by atoms with van der Waals surface area (Å²) >= 11 is 0. The smallest absolute Gasteiger partial charge is 0.152 e. The van der Waals surface area contributed by atoms with Gasteiger partial charge in [0.2, 0.25) is 0 Å². The molecular formula is C74H152N16O4S. The van der Waals surface area contributed by atoms with Crippen molar-refractivity contribution in [2.24, 2.45) is 5.92 Å². The predicted molar refractivity (Wildman–Crippen MR) is 405 cm³/mol. The van der Waals surface area contributed by atoms with Crippen LogP contribution in [0.15, 0.2) is 43.2 Å². The fraction of sp³-hybridized carbons (Fsp3) is 0.892. The fourth-order valence-electron chi connectivity index (χ4n) is 12.4. The van der Waals surface area contributed by atoms with Gasteiger partial charge < -0.3 is 64.7 Å². The summed E-state index contributed by atoms with van der Waals surface area (Å²) in [4.78, 5) is 29.6. The summed E-state index contributed by atoms with van der Waals surface area (Å²) < 4.78 is 34.1. The van der Waals surface area contributed by atoms with Gasteiger partial charge in [0.15, 0.2) is 9.84 Å². The van der Waals surface area contributed by atoms with E-state index in [-0.39, 0.29) is 0 Å². The van der Waals surface area contributed by atoms with Crippen LogP contribution in [-0.2, 0) is 32.3 Å². The van der Waals surface area contributed by atoms with Gasteiger partial charge in [-0.2, -0.15) is 0 Å². The Kier molecular flexibility index (Phi) is 56.5. The average molecular weight is 1360 g/mol. The van der Waals surface area contributed by atoms with Crippen molar-refractivity contribution in [1.29, 1.82) is 0 Å². The van der Waals surface area contributed by atoms with Crippen molar-refractivity contribution >= 4 is 9.84 Å². The third-order valence-corrected chi connectivity index (χ3v) is 21.5. The second-order valence-electron chi connectivity index (χ2n) is 26.3. The van der Waals surface area contributed by atoms with E-state index in [1.54, 1.807) is 12.5 Å². The Morgan fingerprint density at radius 1 is 0.453 bits per heavy atom. The van der Waals surface area contributed by atoms with E-state index in [4.69, 9.17) is 9.47 Å². The topological polar surface area (TPSA) is 161 Å². The SMILES string of the molecule is CCC1CCOCC1.CCN1CC2C[C@H]1CN2.CCN1CCC1.CCN1CCCC1.CCN1CCCCC1.CCN1CCCNCC1.CCN1CCNC1.CCN1CCNCC1.CCN1CCOCC1.CCN1CCS(=O)(=O)CC1.CCc1ccncc1.CCn1ccnc1. The van der Waals surface area contributed by atoms with Crippen molar-refractivity contribution in [3.63, 3.8) is 0 Å². The quantitative estimate of drug-likeness (QED) is 0.162. The predicted octanol–water partition coefficient (Wildman–Crippen LogP) is 7.89. The molecule has 0 aromatic carbocycles. The summed E-state index contributed by atoms with van der Waals surface area (Å²) in [6.07, 6.45) is 25.5. The lowest BCUT2D eigenvalue weighted by Crippen LogP contribution is -2.43. The van der Waals surface area contributed by atoms with Crippen LogP contribution in [-0.4, -0.2) is 327 Å². The van der Waals surface area contributed by atoms with Crippen LogP contribution in [0.25, 0.3) is 0 Å². The number of imidazole rings is 1. The number of hydrogen-bond acceptors (Lipinski definition) is 19. The second-order valence-corrected chi connectivity index (χ2v) is 28.6. The largest absolute Gasteiger partial charge is 0.381 e. The number of aryl methyl sites for hydroxylation is 2. The molecule has 0 spiro atoms. The number of nitrogens with one attached hydrogen (secondary N) is 4. The molecule has 95 heavy (non-hydrogen) atoms. The van der Waals surface area contributed by atoms with Crippen LogP contribution in [0, 0.1) is 5.92 Å². The third-order valence-electron chi connectivity index (χ3n) is 19.9. The lowest BCUT2D eigenvalue weighted by Gasteiger charge is -2.28. The summed E-state index contributed by atoms with van der Waals surface area (Å²) in [5, 5.41) is 13.4. The van der Waals surface area contributed by atoms with Gasteiger partial charge >= 0.3 is 0 Å². The maximum absolute atomic E-state index is 10.9. The van der Waals surface area contributed by atoms with E-state index >= 15 is 0 Å². The second kappa shape index (κ2) is 60.5. The molecule has 558 valence electrons. The molecule has 0 radical (unpaired) electrons. The molecule has 11 saturated heterocycles. The molecule has 11 aliphatic rings. The number of ether oxygens (including phenoxy) is 2. The molecule has 11 aliphatic heterocycles. The van der Waals surface area contributed by atoms with E-state index in [1.807, 2.05) is 35.3 Å². The summed E-state index contributed by atoms with van der Waals surface area (Å²) in [5.74, 6) is 1.66. The Morgan fingerprint density at radius 3 is 1.24 bits per heavy atom. The molecule has 2 bridgehead atoms. The number of aromatic nitrogens is 3. The number of sulfone groups is 1. The average Bonchev–Trinajstić information content (AvgIpc) is 1.76. The first-order valence-electron chi connectivity index (χ1n) is 38.9. The normalized spacial score (nSPS) is 23.4. The van der Waals surface area contributed by atoms with Crippen LogP contribution < -0.4 is 21.3 Å². The van der Waals surface area contributed by atoms with E-state index in [0.717, 1.165) is 96.8 Å². The monoisotopic (exact) mass is 1360 g/mol. The molecule has 21 heteroatoms. The number of hydrogen-bond donors (Lipinski definition) is 4. The maximum atomic E-state index is 10.9. The van der Waals surface area contributed by atoms with Crippen LogP contribution in [0.3, 0.4) is 0 Å². The van der Waals surface area contributed by atoms with Gasteiger partial charge in [0, 0.05) is 155 Å². The van der Waals surface area contributed by atoms with Crippen molar-refractivity contribution in [3.8, 4) is 0 Å². The zero-order valence-electron chi connectivity index (χ0n) is 63.7. The number of piperazine rings is 2. The van der Waals surface area contributed by atoms with Gasteiger partial charge in [-0.25, -0.2) is 13.4 Å². The molecule has 13 heterocycles. The number of rotatable bonds is 12. The summed E-state index contributed by atoms with van der Waals surface area (Å²) in [6, 6.07) is 5.76. The molecule has 0 amide bonds. The Labute approximate surface area is 585 Å². The highest BCUT2D eigenvalue weighted by Gasteiger charge is 2.36. The molecule has 0 aliphatic carbocycles. The Hall–Kier alpha value is -2.29. The van der Waals surface area contributed by atoms with Gasteiger partial charge in [0.05, 0.1) is 31.0 Å². The zero-order chi connectivity index (χ0) is 69.3. The first kappa shape index (κ1) is 88.8. The van der Waals surface area contributed by atoms with Crippen molar-refractivity contribution in [1.82, 2.24) is 79.9 Å². The van der Waals surface area contributed by atoms with E-state index < -0.39 is 9.84 Å². The van der Waals surface area contributed by atoms with Crippen LogP contribution in [0.2, 0.25) is 0 Å². The first-order valence-corrected chi connectivity index (χ1v) is 40.8. The Balaban J connectivity index is 0.000000353. The minimum absolute atomic E-state index is 0.348.